The highest BCUT2D eigenvalue weighted by molar-refractivity contribution is 5.58. The Morgan fingerprint density at radius 1 is 0.905 bits per heavy atom. The minimum atomic E-state index is 0.551. The Bertz CT molecular complexity index is 492. The van der Waals surface area contributed by atoms with Crippen LogP contribution >= 0.6 is 0 Å². The predicted octanol–water partition coefficient (Wildman–Crippen LogP) is 5.55. The summed E-state index contributed by atoms with van der Waals surface area (Å²) >= 11 is 0. The molecule has 0 heterocycles. The molecule has 0 atom stereocenters. The SMILES string of the molecule is CC(C)CN=C=Nc1cccc(CC(C)C)c1CC(C)C. The highest BCUT2D eigenvalue weighted by atomic mass is 14.8. The lowest BCUT2D eigenvalue weighted by molar-refractivity contribution is 0.616. The van der Waals surface area contributed by atoms with Crippen molar-refractivity contribution in [1.29, 1.82) is 0 Å². The zero-order valence-electron chi connectivity index (χ0n) is 14.5. The average Bonchev–Trinajstić information content (AvgIpc) is 2.36. The molecular weight excluding hydrogens is 256 g/mol. The number of benzene rings is 1. The molecule has 1 rings (SSSR count). The number of rotatable bonds is 7. The summed E-state index contributed by atoms with van der Waals surface area (Å²) in [6.45, 7) is 14.1. The molecule has 116 valence electrons. The minimum Gasteiger partial charge on any atom is -0.225 e. The Morgan fingerprint density at radius 3 is 2.14 bits per heavy atom. The van der Waals surface area contributed by atoms with Crippen molar-refractivity contribution in [2.75, 3.05) is 6.54 Å². The second kappa shape index (κ2) is 8.79. The van der Waals surface area contributed by atoms with Crippen LogP contribution in [0.5, 0.6) is 0 Å². The van der Waals surface area contributed by atoms with Crippen LogP contribution in [0.25, 0.3) is 0 Å². The van der Waals surface area contributed by atoms with Gasteiger partial charge >= 0.3 is 0 Å². The third-order valence-electron chi connectivity index (χ3n) is 3.19. The van der Waals surface area contributed by atoms with E-state index in [1.807, 2.05) is 0 Å². The molecule has 0 fully saturated rings. The molecule has 0 N–H and O–H groups in total. The molecule has 21 heavy (non-hydrogen) atoms. The van der Waals surface area contributed by atoms with Crippen LogP contribution in [0.3, 0.4) is 0 Å². The monoisotopic (exact) mass is 286 g/mol. The summed E-state index contributed by atoms with van der Waals surface area (Å²) in [5.74, 6) is 1.83. The van der Waals surface area contributed by atoms with Crippen molar-refractivity contribution >= 4 is 11.7 Å². The number of nitrogens with zero attached hydrogens (tertiary/aromatic N) is 2. The molecule has 0 saturated carbocycles. The first-order chi connectivity index (χ1) is 9.90. The maximum absolute atomic E-state index is 4.48. The topological polar surface area (TPSA) is 24.7 Å². The molecule has 0 bridgehead atoms. The third kappa shape index (κ3) is 6.73. The summed E-state index contributed by atoms with van der Waals surface area (Å²) < 4.78 is 0. The van der Waals surface area contributed by atoms with E-state index in [1.165, 1.54) is 11.1 Å². The largest absolute Gasteiger partial charge is 0.225 e. The normalized spacial score (nSPS) is 11.1. The van der Waals surface area contributed by atoms with Gasteiger partial charge in [-0.25, -0.2) is 4.99 Å². The zero-order chi connectivity index (χ0) is 15.8. The smallest absolute Gasteiger partial charge is 0.0949 e. The van der Waals surface area contributed by atoms with E-state index in [0.717, 1.165) is 25.1 Å². The molecule has 0 unspecified atom stereocenters. The summed E-state index contributed by atoms with van der Waals surface area (Å²) in [6, 6.07) is 9.30. The standard InChI is InChI=1S/C19H30N2/c1-14(2)10-17-8-7-9-19(18(17)11-15(3)4)21-13-20-12-16(5)6/h7-9,14-16H,10-12H2,1-6H3. The van der Waals surface area contributed by atoms with E-state index < -0.39 is 0 Å². The Hall–Kier alpha value is -1.40. The second-order valence-electron chi connectivity index (χ2n) is 7.06. The molecule has 0 aromatic heterocycles. The van der Waals surface area contributed by atoms with Crippen LogP contribution in [0.15, 0.2) is 28.2 Å². The fourth-order valence-corrected chi connectivity index (χ4v) is 2.31. The molecule has 1 aromatic rings. The van der Waals surface area contributed by atoms with Crippen molar-refractivity contribution in [3.05, 3.63) is 29.3 Å². The Labute approximate surface area is 130 Å². The molecule has 0 amide bonds. The second-order valence-corrected chi connectivity index (χ2v) is 7.06. The minimum absolute atomic E-state index is 0.551. The fourth-order valence-electron chi connectivity index (χ4n) is 2.31. The van der Waals surface area contributed by atoms with Gasteiger partial charge in [0.15, 0.2) is 0 Å². The quantitative estimate of drug-likeness (QED) is 0.587. The molecule has 0 aliphatic heterocycles. The van der Waals surface area contributed by atoms with E-state index in [1.54, 1.807) is 0 Å². The van der Waals surface area contributed by atoms with Gasteiger partial charge < -0.3 is 0 Å². The Morgan fingerprint density at radius 2 is 1.57 bits per heavy atom. The summed E-state index contributed by atoms with van der Waals surface area (Å²) in [5.41, 5.74) is 3.83. The van der Waals surface area contributed by atoms with Crippen LogP contribution in [0.1, 0.15) is 52.7 Å². The first kappa shape index (κ1) is 17.7. The van der Waals surface area contributed by atoms with Gasteiger partial charge in [0.1, 0.15) is 0 Å². The first-order valence-corrected chi connectivity index (χ1v) is 8.13. The molecule has 2 heteroatoms. The van der Waals surface area contributed by atoms with Gasteiger partial charge in [0.05, 0.1) is 18.2 Å². The molecule has 0 aliphatic rings. The summed E-state index contributed by atoms with van der Waals surface area (Å²) in [4.78, 5) is 8.74. The number of aliphatic imine (C=N–C) groups is 2. The highest BCUT2D eigenvalue weighted by Gasteiger charge is 2.11. The third-order valence-corrected chi connectivity index (χ3v) is 3.19. The summed E-state index contributed by atoms with van der Waals surface area (Å²) in [5, 5.41) is 0. The highest BCUT2D eigenvalue weighted by Crippen LogP contribution is 2.27. The van der Waals surface area contributed by atoms with Gasteiger partial charge in [-0.15, -0.1) is 0 Å². The number of hydrogen-bond acceptors (Lipinski definition) is 2. The summed E-state index contributed by atoms with van der Waals surface area (Å²) in [7, 11) is 0. The summed E-state index contributed by atoms with van der Waals surface area (Å²) in [6.07, 6.45) is 2.17. The average molecular weight is 286 g/mol. The van der Waals surface area contributed by atoms with Gasteiger partial charge in [0.25, 0.3) is 0 Å². The van der Waals surface area contributed by atoms with Crippen LogP contribution in [0.4, 0.5) is 5.69 Å². The van der Waals surface area contributed by atoms with E-state index >= 15 is 0 Å². The van der Waals surface area contributed by atoms with Crippen molar-refractivity contribution in [2.24, 2.45) is 27.7 Å². The van der Waals surface area contributed by atoms with Crippen molar-refractivity contribution in [1.82, 2.24) is 0 Å². The van der Waals surface area contributed by atoms with Gasteiger partial charge in [-0.1, -0.05) is 53.7 Å². The van der Waals surface area contributed by atoms with E-state index in [0.29, 0.717) is 17.8 Å². The molecule has 0 aliphatic carbocycles. The van der Waals surface area contributed by atoms with E-state index in [-0.39, 0.29) is 0 Å². The number of hydrogen-bond donors (Lipinski definition) is 0. The molecule has 0 radical (unpaired) electrons. The lowest BCUT2D eigenvalue weighted by Gasteiger charge is -2.15. The lowest BCUT2D eigenvalue weighted by Crippen LogP contribution is -2.03. The molecule has 1 aromatic carbocycles. The lowest BCUT2D eigenvalue weighted by atomic mass is 9.91. The maximum Gasteiger partial charge on any atom is 0.0949 e. The van der Waals surface area contributed by atoms with Gasteiger partial charge in [0, 0.05) is 0 Å². The van der Waals surface area contributed by atoms with Gasteiger partial charge in [-0.3, -0.25) is 0 Å². The van der Waals surface area contributed by atoms with E-state index in [4.69, 9.17) is 0 Å². The van der Waals surface area contributed by atoms with Crippen molar-refractivity contribution in [3.63, 3.8) is 0 Å². The van der Waals surface area contributed by atoms with Crippen LogP contribution < -0.4 is 0 Å². The fraction of sp³-hybridized carbons (Fsp3) is 0.632. The maximum atomic E-state index is 4.48. The Balaban J connectivity index is 3.08. The predicted molar refractivity (Wildman–Crippen MR) is 92.8 cm³/mol. The van der Waals surface area contributed by atoms with Gasteiger partial charge in [0.2, 0.25) is 0 Å². The first-order valence-electron chi connectivity index (χ1n) is 8.13. The molecule has 2 nitrogen and oxygen atoms in total. The van der Waals surface area contributed by atoms with E-state index in [9.17, 15) is 0 Å². The van der Waals surface area contributed by atoms with Gasteiger partial charge in [-0.05, 0) is 47.8 Å². The van der Waals surface area contributed by atoms with Crippen LogP contribution in [-0.4, -0.2) is 12.6 Å². The molecular formula is C19H30N2. The molecule has 0 spiro atoms. The van der Waals surface area contributed by atoms with Crippen LogP contribution in [0, 0.1) is 17.8 Å². The van der Waals surface area contributed by atoms with Crippen molar-refractivity contribution in [2.45, 2.75) is 54.4 Å². The zero-order valence-corrected chi connectivity index (χ0v) is 14.5. The van der Waals surface area contributed by atoms with Crippen LogP contribution in [-0.2, 0) is 12.8 Å². The van der Waals surface area contributed by atoms with Crippen molar-refractivity contribution < 1.29 is 0 Å². The van der Waals surface area contributed by atoms with Gasteiger partial charge in [-0.2, -0.15) is 4.99 Å². The van der Waals surface area contributed by atoms with Crippen molar-refractivity contribution in [3.8, 4) is 0 Å². The van der Waals surface area contributed by atoms with E-state index in [2.05, 4.69) is 75.7 Å². The van der Waals surface area contributed by atoms with Crippen LogP contribution in [0.2, 0.25) is 0 Å². The Kier molecular flexibility index (Phi) is 7.39. The molecule has 0 saturated heterocycles.